The van der Waals surface area contributed by atoms with Crippen molar-refractivity contribution in [2.75, 3.05) is 31.6 Å². The van der Waals surface area contributed by atoms with Gasteiger partial charge < -0.3 is 20.4 Å². The minimum absolute atomic E-state index is 0.156. The zero-order chi connectivity index (χ0) is 19.5. The number of H-pyrrole nitrogens is 1. The Morgan fingerprint density at radius 2 is 1.89 bits per heavy atom. The van der Waals surface area contributed by atoms with Gasteiger partial charge in [0.1, 0.15) is 0 Å². The van der Waals surface area contributed by atoms with Gasteiger partial charge in [-0.2, -0.15) is 5.10 Å². The number of aromatic nitrogens is 2. The zero-order valence-electron chi connectivity index (χ0n) is 15.1. The normalized spacial score (nSPS) is 11.2. The molecule has 0 aliphatic rings. The highest BCUT2D eigenvalue weighted by atomic mass is 32.1. The van der Waals surface area contributed by atoms with Crippen molar-refractivity contribution in [3.63, 3.8) is 0 Å². The molecule has 0 saturated carbocycles. The maximum absolute atomic E-state index is 12.5. The van der Waals surface area contributed by atoms with Crippen LogP contribution in [0.5, 0.6) is 0 Å². The predicted molar refractivity (Wildman–Crippen MR) is 112 cm³/mol. The van der Waals surface area contributed by atoms with E-state index < -0.39 is 0 Å². The maximum Gasteiger partial charge on any atom is 0.321 e. The Morgan fingerprint density at radius 1 is 1.11 bits per heavy atom. The van der Waals surface area contributed by atoms with E-state index in [-0.39, 0.29) is 32.3 Å². The van der Waals surface area contributed by atoms with Crippen molar-refractivity contribution in [2.24, 2.45) is 0 Å². The molecule has 0 unspecified atom stereocenters. The fourth-order valence-corrected chi connectivity index (χ4v) is 4.28. The number of aliphatic hydroxyl groups is 2. The van der Waals surface area contributed by atoms with Gasteiger partial charge in [-0.15, -0.1) is 11.3 Å². The molecule has 28 heavy (non-hydrogen) atoms. The number of rotatable bonds is 6. The number of anilines is 1. The van der Waals surface area contributed by atoms with E-state index in [1.54, 1.807) is 17.5 Å². The number of hydrogen-bond acceptors (Lipinski definition) is 5. The first-order chi connectivity index (χ1) is 13.7. The molecule has 2 heterocycles. The van der Waals surface area contributed by atoms with Crippen LogP contribution in [0.4, 0.5) is 10.5 Å². The number of benzene rings is 2. The summed E-state index contributed by atoms with van der Waals surface area (Å²) in [5.41, 5.74) is 2.50. The summed E-state index contributed by atoms with van der Waals surface area (Å²) in [5, 5.41) is 30.4. The van der Waals surface area contributed by atoms with Gasteiger partial charge in [-0.1, -0.05) is 18.2 Å². The first-order valence-electron chi connectivity index (χ1n) is 8.93. The Hall–Kier alpha value is -2.94. The highest BCUT2D eigenvalue weighted by Gasteiger charge is 2.16. The summed E-state index contributed by atoms with van der Waals surface area (Å²) in [4.78, 5) is 15.0. The molecule has 8 heteroatoms. The largest absolute Gasteiger partial charge is 0.395 e. The molecule has 2 amide bonds. The summed E-state index contributed by atoms with van der Waals surface area (Å²) < 4.78 is 1.19. The molecule has 2 aromatic heterocycles. The zero-order valence-corrected chi connectivity index (χ0v) is 15.9. The SMILES string of the molecule is O=C(Nc1cc(-c2cc3ccccc3s2)c2[nH]ncc2c1)N(CCO)CCO. The molecule has 0 aliphatic heterocycles. The number of urea groups is 1. The minimum atomic E-state index is -0.367. The van der Waals surface area contributed by atoms with Crippen LogP contribution in [0, 0.1) is 0 Å². The summed E-state index contributed by atoms with van der Waals surface area (Å²) in [6.07, 6.45) is 1.72. The molecule has 0 fully saturated rings. The lowest BCUT2D eigenvalue weighted by molar-refractivity contribution is 0.167. The summed E-state index contributed by atoms with van der Waals surface area (Å²) >= 11 is 1.68. The van der Waals surface area contributed by atoms with Gasteiger partial charge >= 0.3 is 6.03 Å². The Bertz CT molecular complexity index is 1080. The van der Waals surface area contributed by atoms with Crippen LogP contribution in [0.25, 0.3) is 31.4 Å². The number of nitrogens with one attached hydrogen (secondary N) is 2. The molecule has 0 bridgehead atoms. The monoisotopic (exact) mass is 396 g/mol. The molecule has 0 aliphatic carbocycles. The van der Waals surface area contributed by atoms with Crippen LogP contribution in [0.1, 0.15) is 0 Å². The number of carbonyl (C=O) groups is 1. The van der Waals surface area contributed by atoms with Crippen molar-refractivity contribution in [2.45, 2.75) is 0 Å². The van der Waals surface area contributed by atoms with Crippen molar-refractivity contribution in [3.8, 4) is 10.4 Å². The molecule has 4 rings (SSSR count). The third-order valence-corrected chi connectivity index (χ3v) is 5.67. The molecule has 7 nitrogen and oxygen atoms in total. The first-order valence-corrected chi connectivity index (χ1v) is 9.75. The second kappa shape index (κ2) is 7.97. The summed E-state index contributed by atoms with van der Waals surface area (Å²) in [5.74, 6) is 0. The van der Waals surface area contributed by atoms with Gasteiger partial charge in [0.05, 0.1) is 24.9 Å². The number of hydrogen-bond donors (Lipinski definition) is 4. The van der Waals surface area contributed by atoms with Gasteiger partial charge in [-0.05, 0) is 29.7 Å². The smallest absolute Gasteiger partial charge is 0.321 e. The van der Waals surface area contributed by atoms with Gasteiger partial charge in [0.15, 0.2) is 0 Å². The molecule has 0 spiro atoms. The number of fused-ring (bicyclic) bond motifs is 2. The van der Waals surface area contributed by atoms with Gasteiger partial charge in [0.25, 0.3) is 0 Å². The topological polar surface area (TPSA) is 101 Å². The van der Waals surface area contributed by atoms with Gasteiger partial charge in [-0.25, -0.2) is 4.79 Å². The van der Waals surface area contributed by atoms with E-state index in [1.807, 2.05) is 24.3 Å². The predicted octanol–water partition coefficient (Wildman–Crippen LogP) is 3.26. The molecule has 4 aromatic rings. The average molecular weight is 396 g/mol. The molecule has 144 valence electrons. The lowest BCUT2D eigenvalue weighted by atomic mass is 10.1. The molecular formula is C20H20N4O3S. The van der Waals surface area contributed by atoms with Crippen LogP contribution in [0.3, 0.4) is 0 Å². The van der Waals surface area contributed by atoms with Crippen LogP contribution >= 0.6 is 11.3 Å². The molecule has 4 N–H and O–H groups in total. The van der Waals surface area contributed by atoms with Crippen molar-refractivity contribution < 1.29 is 15.0 Å². The van der Waals surface area contributed by atoms with Gasteiger partial charge in [0.2, 0.25) is 0 Å². The molecule has 0 saturated heterocycles. The fraction of sp³-hybridized carbons (Fsp3) is 0.200. The van der Waals surface area contributed by atoms with Crippen LogP contribution in [-0.2, 0) is 0 Å². The Kier molecular flexibility index (Phi) is 5.25. The number of amides is 2. The standard InChI is InChI=1S/C20H20N4O3S/c25-7-5-24(6-8-26)20(27)22-15-9-14-12-21-23-19(14)16(11-15)18-10-13-3-1-2-4-17(13)28-18/h1-4,9-12,25-26H,5-8H2,(H,21,23)(H,22,27). The highest BCUT2D eigenvalue weighted by molar-refractivity contribution is 7.22. The van der Waals surface area contributed by atoms with E-state index in [0.717, 1.165) is 21.3 Å². The van der Waals surface area contributed by atoms with Crippen LogP contribution in [0.15, 0.2) is 48.7 Å². The number of thiophene rings is 1. The first kappa shape index (κ1) is 18.4. The second-order valence-corrected chi connectivity index (χ2v) is 7.45. The van der Waals surface area contributed by atoms with Crippen molar-refractivity contribution >= 4 is 44.0 Å². The van der Waals surface area contributed by atoms with E-state index >= 15 is 0 Å². The molecule has 0 atom stereocenters. The van der Waals surface area contributed by atoms with Crippen molar-refractivity contribution in [3.05, 3.63) is 48.7 Å². The Morgan fingerprint density at radius 3 is 2.64 bits per heavy atom. The van der Waals surface area contributed by atoms with E-state index in [9.17, 15) is 4.79 Å². The summed E-state index contributed by atoms with van der Waals surface area (Å²) in [7, 11) is 0. The van der Waals surface area contributed by atoms with Crippen molar-refractivity contribution in [1.29, 1.82) is 0 Å². The third-order valence-electron chi connectivity index (χ3n) is 4.52. The molecule has 0 radical (unpaired) electrons. The summed E-state index contributed by atoms with van der Waals surface area (Å²) in [6.45, 7) is -0.0184. The third kappa shape index (κ3) is 3.57. The van der Waals surface area contributed by atoms with E-state index in [4.69, 9.17) is 10.2 Å². The lowest BCUT2D eigenvalue weighted by Gasteiger charge is -2.21. The lowest BCUT2D eigenvalue weighted by Crippen LogP contribution is -2.38. The maximum atomic E-state index is 12.5. The van der Waals surface area contributed by atoms with Crippen LogP contribution < -0.4 is 5.32 Å². The quantitative estimate of drug-likeness (QED) is 0.402. The Balaban J connectivity index is 1.72. The Labute approximate surface area is 165 Å². The van der Waals surface area contributed by atoms with Gasteiger partial charge in [0, 0.05) is 39.3 Å². The molecule has 2 aromatic carbocycles. The molecular weight excluding hydrogens is 376 g/mol. The van der Waals surface area contributed by atoms with E-state index in [1.165, 1.54) is 15.0 Å². The highest BCUT2D eigenvalue weighted by Crippen LogP contribution is 2.38. The number of carbonyl (C=O) groups excluding carboxylic acids is 1. The van der Waals surface area contributed by atoms with Crippen LogP contribution in [0.2, 0.25) is 0 Å². The fourth-order valence-electron chi connectivity index (χ4n) is 3.20. The van der Waals surface area contributed by atoms with Gasteiger partial charge in [-0.3, -0.25) is 5.10 Å². The van der Waals surface area contributed by atoms with E-state index in [2.05, 4.69) is 33.7 Å². The van der Waals surface area contributed by atoms with Crippen molar-refractivity contribution in [1.82, 2.24) is 15.1 Å². The number of aliphatic hydroxyl groups excluding tert-OH is 2. The number of aromatic amines is 1. The van der Waals surface area contributed by atoms with E-state index in [0.29, 0.717) is 5.69 Å². The van der Waals surface area contributed by atoms with Crippen LogP contribution in [-0.4, -0.2) is 57.6 Å². The average Bonchev–Trinajstić information content (AvgIpc) is 3.33. The minimum Gasteiger partial charge on any atom is -0.395 e. The number of nitrogens with zero attached hydrogens (tertiary/aromatic N) is 2. The summed E-state index contributed by atoms with van der Waals surface area (Å²) in [6, 6.07) is 13.7. The second-order valence-electron chi connectivity index (χ2n) is 6.37.